The molecule has 0 saturated carbocycles. The standard InChI is InChI=1S/C14H25NOS2/c1-14-5-8-15(9-6-14)7-3-11-18-17-10-2-4-13(16)12-14/h2-12H2,1H3. The number of ketones is 1. The fourth-order valence-electron chi connectivity index (χ4n) is 2.85. The van der Waals surface area contributed by atoms with Crippen molar-refractivity contribution in [1.29, 1.82) is 0 Å². The van der Waals surface area contributed by atoms with Gasteiger partial charge in [0.15, 0.2) is 0 Å². The Bertz CT molecular complexity index is 275. The zero-order valence-electron chi connectivity index (χ0n) is 11.5. The van der Waals surface area contributed by atoms with Crippen molar-refractivity contribution < 1.29 is 4.79 Å². The highest BCUT2D eigenvalue weighted by Crippen LogP contribution is 2.35. The molecule has 18 heavy (non-hydrogen) atoms. The van der Waals surface area contributed by atoms with Gasteiger partial charge in [0, 0.05) is 24.3 Å². The Labute approximate surface area is 119 Å². The van der Waals surface area contributed by atoms with E-state index in [-0.39, 0.29) is 0 Å². The second-order valence-electron chi connectivity index (χ2n) is 5.97. The Morgan fingerprint density at radius 3 is 2.44 bits per heavy atom. The van der Waals surface area contributed by atoms with Crippen LogP contribution in [0.25, 0.3) is 0 Å². The van der Waals surface area contributed by atoms with Crippen LogP contribution in [0.4, 0.5) is 0 Å². The average Bonchev–Trinajstić information content (AvgIpc) is 2.34. The fraction of sp³-hybridized carbons (Fsp3) is 0.929. The summed E-state index contributed by atoms with van der Waals surface area (Å²) in [6.45, 7) is 5.96. The molecule has 0 aromatic carbocycles. The van der Waals surface area contributed by atoms with Crippen molar-refractivity contribution in [1.82, 2.24) is 4.90 Å². The van der Waals surface area contributed by atoms with Gasteiger partial charge in [-0.2, -0.15) is 0 Å². The smallest absolute Gasteiger partial charge is 0.133 e. The minimum Gasteiger partial charge on any atom is -0.303 e. The molecule has 3 heterocycles. The second-order valence-corrected chi connectivity index (χ2v) is 8.67. The number of nitrogens with zero attached hydrogens (tertiary/aromatic N) is 1. The zero-order valence-corrected chi connectivity index (χ0v) is 13.1. The highest BCUT2D eigenvalue weighted by molar-refractivity contribution is 8.76. The third-order valence-corrected chi connectivity index (χ3v) is 6.73. The van der Waals surface area contributed by atoms with Crippen molar-refractivity contribution >= 4 is 27.4 Å². The van der Waals surface area contributed by atoms with Gasteiger partial charge in [-0.05, 0) is 50.7 Å². The van der Waals surface area contributed by atoms with Gasteiger partial charge in [0.2, 0.25) is 0 Å². The van der Waals surface area contributed by atoms with Gasteiger partial charge in [0.05, 0.1) is 0 Å². The van der Waals surface area contributed by atoms with Gasteiger partial charge in [-0.3, -0.25) is 4.79 Å². The summed E-state index contributed by atoms with van der Waals surface area (Å²) in [5, 5.41) is 0. The van der Waals surface area contributed by atoms with E-state index in [4.69, 9.17) is 0 Å². The molecule has 3 aliphatic rings. The Morgan fingerprint density at radius 1 is 1.06 bits per heavy atom. The van der Waals surface area contributed by atoms with Gasteiger partial charge >= 0.3 is 0 Å². The van der Waals surface area contributed by atoms with Crippen LogP contribution in [0.3, 0.4) is 0 Å². The maximum Gasteiger partial charge on any atom is 0.133 e. The van der Waals surface area contributed by atoms with E-state index in [2.05, 4.69) is 11.8 Å². The Morgan fingerprint density at radius 2 is 1.72 bits per heavy atom. The van der Waals surface area contributed by atoms with Gasteiger partial charge in [-0.25, -0.2) is 0 Å². The van der Waals surface area contributed by atoms with Gasteiger partial charge < -0.3 is 4.90 Å². The topological polar surface area (TPSA) is 20.3 Å². The quantitative estimate of drug-likeness (QED) is 0.634. The highest BCUT2D eigenvalue weighted by Gasteiger charge is 2.31. The lowest BCUT2D eigenvalue weighted by Crippen LogP contribution is -2.40. The maximum atomic E-state index is 12.0. The van der Waals surface area contributed by atoms with Gasteiger partial charge in [-0.15, -0.1) is 0 Å². The lowest BCUT2D eigenvalue weighted by molar-refractivity contribution is -0.121. The Balaban J connectivity index is 1.89. The minimum atomic E-state index is 0.291. The van der Waals surface area contributed by atoms with Crippen LogP contribution in [0.1, 0.15) is 45.4 Å². The molecule has 3 aliphatic heterocycles. The van der Waals surface area contributed by atoms with Crippen LogP contribution >= 0.6 is 21.6 Å². The van der Waals surface area contributed by atoms with E-state index in [1.54, 1.807) is 0 Å². The third-order valence-electron chi connectivity index (χ3n) is 4.16. The molecule has 2 bridgehead atoms. The number of hydrogen-bond acceptors (Lipinski definition) is 4. The SMILES string of the molecule is CC12CCN(CCCSSCCCC(=O)C1)CC2. The number of carbonyl (C=O) groups is 1. The van der Waals surface area contributed by atoms with E-state index in [9.17, 15) is 4.79 Å². The van der Waals surface area contributed by atoms with Crippen LogP contribution in [-0.4, -0.2) is 41.8 Å². The average molecular weight is 287 g/mol. The molecule has 0 spiro atoms. The number of rotatable bonds is 0. The molecule has 0 unspecified atom stereocenters. The summed E-state index contributed by atoms with van der Waals surface area (Å²) in [5.74, 6) is 2.89. The predicted molar refractivity (Wildman–Crippen MR) is 82.2 cm³/mol. The lowest BCUT2D eigenvalue weighted by Gasteiger charge is -2.39. The number of fused-ring (bicyclic) bond motifs is 11. The Kier molecular flexibility index (Phi) is 5.90. The summed E-state index contributed by atoms with van der Waals surface area (Å²) in [6, 6.07) is 0. The molecule has 4 heteroatoms. The second kappa shape index (κ2) is 7.20. The van der Waals surface area contributed by atoms with Crippen molar-refractivity contribution in [2.24, 2.45) is 5.41 Å². The van der Waals surface area contributed by atoms with E-state index >= 15 is 0 Å². The van der Waals surface area contributed by atoms with Crippen molar-refractivity contribution in [3.05, 3.63) is 0 Å². The van der Waals surface area contributed by atoms with Crippen LogP contribution in [0.15, 0.2) is 0 Å². The van der Waals surface area contributed by atoms with E-state index in [0.717, 1.165) is 25.0 Å². The summed E-state index contributed by atoms with van der Waals surface area (Å²) in [6.07, 6.45) is 6.42. The van der Waals surface area contributed by atoms with Crippen LogP contribution in [0.5, 0.6) is 0 Å². The van der Waals surface area contributed by atoms with E-state index < -0.39 is 0 Å². The third kappa shape index (κ3) is 4.78. The van der Waals surface area contributed by atoms with Crippen molar-refractivity contribution in [3.8, 4) is 0 Å². The number of Topliss-reactive ketones (excluding diaryl/α,β-unsaturated/α-hetero) is 1. The zero-order chi connectivity index (χ0) is 12.8. The first-order valence-corrected chi connectivity index (χ1v) is 9.65. The molecule has 0 aliphatic carbocycles. The summed E-state index contributed by atoms with van der Waals surface area (Å²) < 4.78 is 0. The van der Waals surface area contributed by atoms with Crippen molar-refractivity contribution in [3.63, 3.8) is 0 Å². The van der Waals surface area contributed by atoms with Gasteiger partial charge in [0.1, 0.15) is 5.78 Å². The maximum absolute atomic E-state index is 12.0. The molecule has 0 aromatic rings. The molecule has 0 atom stereocenters. The molecule has 2 nitrogen and oxygen atoms in total. The predicted octanol–water partition coefficient (Wildman–Crippen LogP) is 3.61. The summed E-state index contributed by atoms with van der Waals surface area (Å²) in [7, 11) is 3.93. The number of piperidine rings is 1. The Hall–Kier alpha value is 0.330. The van der Waals surface area contributed by atoms with E-state index in [1.807, 2.05) is 21.6 Å². The molecule has 0 aromatic heterocycles. The first kappa shape index (κ1) is 14.7. The van der Waals surface area contributed by atoms with Crippen LogP contribution in [0.2, 0.25) is 0 Å². The first-order valence-electron chi connectivity index (χ1n) is 7.16. The molecule has 104 valence electrons. The molecule has 0 amide bonds. The lowest BCUT2D eigenvalue weighted by atomic mass is 9.76. The van der Waals surface area contributed by atoms with Crippen LogP contribution in [-0.2, 0) is 4.79 Å². The van der Waals surface area contributed by atoms with Gasteiger partial charge in [0.25, 0.3) is 0 Å². The van der Waals surface area contributed by atoms with Crippen molar-refractivity contribution in [2.45, 2.75) is 45.4 Å². The summed E-state index contributed by atoms with van der Waals surface area (Å²) >= 11 is 0. The number of carbonyl (C=O) groups excluding carboxylic acids is 1. The normalized spacial score (nSPS) is 36.3. The first-order chi connectivity index (χ1) is 8.68. The number of hydrogen-bond donors (Lipinski definition) is 0. The summed E-state index contributed by atoms with van der Waals surface area (Å²) in [4.78, 5) is 14.6. The molecular weight excluding hydrogens is 262 g/mol. The van der Waals surface area contributed by atoms with Crippen LogP contribution in [0, 0.1) is 5.41 Å². The van der Waals surface area contributed by atoms with E-state index in [0.29, 0.717) is 11.2 Å². The highest BCUT2D eigenvalue weighted by atomic mass is 33.1. The van der Waals surface area contributed by atoms with Gasteiger partial charge in [-0.1, -0.05) is 28.5 Å². The molecule has 3 saturated heterocycles. The minimum absolute atomic E-state index is 0.291. The molecule has 0 radical (unpaired) electrons. The largest absolute Gasteiger partial charge is 0.303 e. The summed E-state index contributed by atoms with van der Waals surface area (Å²) in [5.41, 5.74) is 0.291. The molecule has 3 rings (SSSR count). The van der Waals surface area contributed by atoms with Crippen molar-refractivity contribution in [2.75, 3.05) is 31.1 Å². The molecule has 3 fully saturated rings. The molecular formula is C14H25NOS2. The van der Waals surface area contributed by atoms with Crippen LogP contribution < -0.4 is 0 Å². The monoisotopic (exact) mass is 287 g/mol. The molecule has 0 N–H and O–H groups in total. The fourth-order valence-corrected chi connectivity index (χ4v) is 5.01. The van der Waals surface area contributed by atoms with E-state index in [1.165, 1.54) is 44.6 Å².